The number of likely N-dealkylation sites (tertiary alicyclic amines) is 1. The molecule has 32 heavy (non-hydrogen) atoms. The Morgan fingerprint density at radius 2 is 1.69 bits per heavy atom. The SMILES string of the molecule is COc1cc(OC)cc(C(=O)NC(C(=O)N2CCCC2Cc2ccc(C)cc2)C(C)C)c1. The highest BCUT2D eigenvalue weighted by molar-refractivity contribution is 5.98. The molecule has 0 spiro atoms. The number of hydrogen-bond acceptors (Lipinski definition) is 4. The molecule has 2 atom stereocenters. The number of amides is 2. The molecule has 6 heteroatoms. The number of carbonyl (C=O) groups excluding carboxylic acids is 2. The van der Waals surface area contributed by atoms with E-state index in [1.807, 2.05) is 18.7 Å². The molecule has 1 aliphatic rings. The Hall–Kier alpha value is -3.02. The number of benzene rings is 2. The molecule has 2 aromatic rings. The molecule has 1 fully saturated rings. The Balaban J connectivity index is 1.75. The molecule has 1 aliphatic heterocycles. The van der Waals surface area contributed by atoms with Crippen molar-refractivity contribution < 1.29 is 19.1 Å². The third-order valence-corrected chi connectivity index (χ3v) is 6.09. The minimum atomic E-state index is -0.599. The highest BCUT2D eigenvalue weighted by Gasteiger charge is 2.35. The van der Waals surface area contributed by atoms with Gasteiger partial charge in [-0.15, -0.1) is 0 Å². The molecule has 2 aromatic carbocycles. The lowest BCUT2D eigenvalue weighted by atomic mass is 9.99. The van der Waals surface area contributed by atoms with Crippen molar-refractivity contribution in [3.8, 4) is 11.5 Å². The average Bonchev–Trinajstić information content (AvgIpc) is 3.25. The van der Waals surface area contributed by atoms with Crippen LogP contribution in [-0.2, 0) is 11.2 Å². The summed E-state index contributed by atoms with van der Waals surface area (Å²) in [6, 6.07) is 13.0. The number of aryl methyl sites for hydroxylation is 1. The number of nitrogens with zero attached hydrogens (tertiary/aromatic N) is 1. The molecule has 0 bridgehead atoms. The van der Waals surface area contributed by atoms with E-state index in [-0.39, 0.29) is 23.8 Å². The number of carbonyl (C=O) groups is 2. The van der Waals surface area contributed by atoms with Gasteiger partial charge in [0.25, 0.3) is 5.91 Å². The highest BCUT2D eigenvalue weighted by Crippen LogP contribution is 2.25. The molecule has 0 radical (unpaired) electrons. The van der Waals surface area contributed by atoms with Gasteiger partial charge in [-0.3, -0.25) is 9.59 Å². The first kappa shape index (κ1) is 23.6. The molecule has 6 nitrogen and oxygen atoms in total. The summed E-state index contributed by atoms with van der Waals surface area (Å²) in [5.74, 6) is 0.681. The van der Waals surface area contributed by atoms with E-state index in [9.17, 15) is 9.59 Å². The van der Waals surface area contributed by atoms with Gasteiger partial charge in [0.1, 0.15) is 17.5 Å². The number of nitrogens with one attached hydrogen (secondary N) is 1. The molecule has 2 amide bonds. The second-order valence-corrected chi connectivity index (χ2v) is 8.81. The van der Waals surface area contributed by atoms with Crippen LogP contribution in [0, 0.1) is 12.8 Å². The predicted octanol–water partition coefficient (Wildman–Crippen LogP) is 4.00. The van der Waals surface area contributed by atoms with Crippen LogP contribution < -0.4 is 14.8 Å². The van der Waals surface area contributed by atoms with Crippen LogP contribution in [0.5, 0.6) is 11.5 Å². The standard InChI is InChI=1S/C26H34N2O4/c1-17(2)24(27-25(29)20-14-22(31-4)16-23(15-20)32-5)26(30)28-12-6-7-21(28)13-19-10-8-18(3)9-11-19/h8-11,14-17,21,24H,6-7,12-13H2,1-5H3,(H,27,29). The van der Waals surface area contributed by atoms with Gasteiger partial charge in [0, 0.05) is 24.2 Å². The molecule has 1 N–H and O–H groups in total. The van der Waals surface area contributed by atoms with Crippen molar-refractivity contribution in [1.29, 1.82) is 0 Å². The number of rotatable bonds is 8. The van der Waals surface area contributed by atoms with Crippen LogP contribution in [0.15, 0.2) is 42.5 Å². The van der Waals surface area contributed by atoms with Gasteiger partial charge in [-0.05, 0) is 49.8 Å². The van der Waals surface area contributed by atoms with Crippen LogP contribution in [0.1, 0.15) is 48.2 Å². The van der Waals surface area contributed by atoms with Gasteiger partial charge in [0.15, 0.2) is 0 Å². The zero-order chi connectivity index (χ0) is 23.3. The van der Waals surface area contributed by atoms with Crippen molar-refractivity contribution in [1.82, 2.24) is 10.2 Å². The van der Waals surface area contributed by atoms with Gasteiger partial charge in [-0.2, -0.15) is 0 Å². The third kappa shape index (κ3) is 5.61. The Morgan fingerprint density at radius 3 is 2.25 bits per heavy atom. The number of hydrogen-bond donors (Lipinski definition) is 1. The summed E-state index contributed by atoms with van der Waals surface area (Å²) in [6.07, 6.45) is 2.79. The topological polar surface area (TPSA) is 67.9 Å². The Kier molecular flexibility index (Phi) is 7.78. The van der Waals surface area contributed by atoms with Crippen LogP contribution >= 0.6 is 0 Å². The monoisotopic (exact) mass is 438 g/mol. The molecule has 2 unspecified atom stereocenters. The maximum atomic E-state index is 13.5. The van der Waals surface area contributed by atoms with Crippen molar-refractivity contribution in [3.63, 3.8) is 0 Å². The van der Waals surface area contributed by atoms with Crippen LogP contribution in [0.25, 0.3) is 0 Å². The molecule has 1 saturated heterocycles. The van der Waals surface area contributed by atoms with E-state index in [1.165, 1.54) is 11.1 Å². The molecular formula is C26H34N2O4. The summed E-state index contributed by atoms with van der Waals surface area (Å²) >= 11 is 0. The lowest BCUT2D eigenvalue weighted by Crippen LogP contribution is -2.52. The summed E-state index contributed by atoms with van der Waals surface area (Å²) in [4.78, 5) is 28.5. The third-order valence-electron chi connectivity index (χ3n) is 6.09. The molecule has 172 valence electrons. The Labute approximate surface area is 190 Å². The summed E-state index contributed by atoms with van der Waals surface area (Å²) in [7, 11) is 3.08. The van der Waals surface area contributed by atoms with Crippen LogP contribution in [0.3, 0.4) is 0 Å². The normalized spacial score (nSPS) is 16.7. The fraction of sp³-hybridized carbons (Fsp3) is 0.462. The average molecular weight is 439 g/mol. The maximum Gasteiger partial charge on any atom is 0.252 e. The highest BCUT2D eigenvalue weighted by atomic mass is 16.5. The summed E-state index contributed by atoms with van der Waals surface area (Å²) in [5, 5.41) is 2.96. The first-order chi connectivity index (χ1) is 15.3. The lowest BCUT2D eigenvalue weighted by Gasteiger charge is -2.31. The summed E-state index contributed by atoms with van der Waals surface area (Å²) < 4.78 is 10.5. The van der Waals surface area contributed by atoms with E-state index in [4.69, 9.17) is 9.47 Å². The zero-order valence-corrected chi connectivity index (χ0v) is 19.7. The Morgan fingerprint density at radius 1 is 1.06 bits per heavy atom. The van der Waals surface area contributed by atoms with Gasteiger partial charge in [0.05, 0.1) is 14.2 Å². The van der Waals surface area contributed by atoms with Crippen LogP contribution in [0.2, 0.25) is 0 Å². The fourth-order valence-corrected chi connectivity index (χ4v) is 4.19. The number of ether oxygens (including phenoxy) is 2. The molecule has 0 aliphatic carbocycles. The predicted molar refractivity (Wildman–Crippen MR) is 125 cm³/mol. The molecule has 3 rings (SSSR count). The van der Waals surface area contributed by atoms with Gasteiger partial charge < -0.3 is 19.7 Å². The Bertz CT molecular complexity index is 917. The van der Waals surface area contributed by atoms with Crippen molar-refractivity contribution in [3.05, 3.63) is 59.2 Å². The van der Waals surface area contributed by atoms with E-state index < -0.39 is 6.04 Å². The minimum Gasteiger partial charge on any atom is -0.497 e. The quantitative estimate of drug-likeness (QED) is 0.676. The molecule has 1 heterocycles. The van der Waals surface area contributed by atoms with Gasteiger partial charge >= 0.3 is 0 Å². The number of methoxy groups -OCH3 is 2. The van der Waals surface area contributed by atoms with E-state index in [2.05, 4.69) is 36.5 Å². The molecule has 0 saturated carbocycles. The largest absolute Gasteiger partial charge is 0.497 e. The van der Waals surface area contributed by atoms with Crippen molar-refractivity contribution in [2.75, 3.05) is 20.8 Å². The zero-order valence-electron chi connectivity index (χ0n) is 19.7. The van der Waals surface area contributed by atoms with Crippen molar-refractivity contribution in [2.24, 2.45) is 5.92 Å². The lowest BCUT2D eigenvalue weighted by molar-refractivity contribution is -0.135. The van der Waals surface area contributed by atoms with Gasteiger partial charge in [-0.1, -0.05) is 43.7 Å². The summed E-state index contributed by atoms with van der Waals surface area (Å²) in [5.41, 5.74) is 2.86. The summed E-state index contributed by atoms with van der Waals surface area (Å²) in [6.45, 7) is 6.71. The first-order valence-corrected chi connectivity index (χ1v) is 11.2. The first-order valence-electron chi connectivity index (χ1n) is 11.2. The second kappa shape index (κ2) is 10.5. The van der Waals surface area contributed by atoms with Crippen LogP contribution in [0.4, 0.5) is 0 Å². The van der Waals surface area contributed by atoms with Crippen molar-refractivity contribution >= 4 is 11.8 Å². The smallest absolute Gasteiger partial charge is 0.252 e. The van der Waals surface area contributed by atoms with E-state index in [0.29, 0.717) is 17.1 Å². The molecule has 0 aromatic heterocycles. The molecular weight excluding hydrogens is 404 g/mol. The second-order valence-electron chi connectivity index (χ2n) is 8.81. The van der Waals surface area contributed by atoms with E-state index in [1.54, 1.807) is 32.4 Å². The van der Waals surface area contributed by atoms with E-state index >= 15 is 0 Å². The van der Waals surface area contributed by atoms with Crippen LogP contribution in [-0.4, -0.2) is 49.6 Å². The van der Waals surface area contributed by atoms with Crippen molar-refractivity contribution in [2.45, 2.75) is 52.1 Å². The van der Waals surface area contributed by atoms with Gasteiger partial charge in [-0.25, -0.2) is 0 Å². The minimum absolute atomic E-state index is 0.0159. The fourth-order valence-electron chi connectivity index (χ4n) is 4.19. The maximum absolute atomic E-state index is 13.5. The van der Waals surface area contributed by atoms with Gasteiger partial charge in [0.2, 0.25) is 5.91 Å². The van der Waals surface area contributed by atoms with E-state index in [0.717, 1.165) is 25.8 Å².